The number of aryl methyl sites for hydroxylation is 1. The van der Waals surface area contributed by atoms with Crippen molar-refractivity contribution in [1.82, 2.24) is 14.8 Å². The Balaban J connectivity index is 2.19. The minimum Gasteiger partial charge on any atom is -0.375 e. The van der Waals surface area contributed by atoms with E-state index >= 15 is 0 Å². The maximum atomic E-state index is 11.7. The summed E-state index contributed by atoms with van der Waals surface area (Å²) in [7, 11) is 1.68. The number of hydrogen-bond acceptors (Lipinski definition) is 4. The molecule has 0 aliphatic heterocycles. The zero-order valence-electron chi connectivity index (χ0n) is 8.90. The molecule has 1 rings (SSSR count). The molecule has 0 aliphatic carbocycles. The number of carbonyl (C=O) groups excluding carboxylic acids is 1. The van der Waals surface area contributed by atoms with Crippen LogP contribution < -0.4 is 0 Å². The van der Waals surface area contributed by atoms with Crippen LogP contribution in [-0.4, -0.2) is 40.2 Å². The molecular weight excluding hydrogens is 220 g/mol. The molecule has 0 bridgehead atoms. The lowest BCUT2D eigenvalue weighted by molar-refractivity contribution is -0.120. The van der Waals surface area contributed by atoms with E-state index in [1.54, 1.807) is 7.05 Å². The summed E-state index contributed by atoms with van der Waals surface area (Å²) in [5.41, 5.74) is 0. The minimum atomic E-state index is -2.49. The first-order valence-corrected chi connectivity index (χ1v) is 4.80. The van der Waals surface area contributed by atoms with E-state index in [-0.39, 0.29) is 25.2 Å². The summed E-state index contributed by atoms with van der Waals surface area (Å²) < 4.78 is 29.5. The van der Waals surface area contributed by atoms with E-state index in [1.807, 2.05) is 0 Å². The van der Waals surface area contributed by atoms with Gasteiger partial charge in [0.05, 0.1) is 13.0 Å². The van der Waals surface area contributed by atoms with Crippen LogP contribution in [0.15, 0.2) is 6.33 Å². The molecule has 1 aromatic rings. The molecule has 90 valence electrons. The van der Waals surface area contributed by atoms with Gasteiger partial charge in [-0.2, -0.15) is 5.10 Å². The molecule has 0 aromatic carbocycles. The Morgan fingerprint density at radius 3 is 2.94 bits per heavy atom. The molecule has 1 aromatic heterocycles. The number of nitrogens with zero attached hydrogens (tertiary/aromatic N) is 3. The fourth-order valence-electron chi connectivity index (χ4n) is 1.10. The van der Waals surface area contributed by atoms with Gasteiger partial charge in [-0.1, -0.05) is 0 Å². The molecular formula is C9H13F2N3O2. The van der Waals surface area contributed by atoms with Crippen LogP contribution in [0.2, 0.25) is 0 Å². The number of carbonyl (C=O) groups is 1. The van der Waals surface area contributed by atoms with Crippen LogP contribution in [0.5, 0.6) is 0 Å². The molecule has 16 heavy (non-hydrogen) atoms. The molecule has 0 amide bonds. The van der Waals surface area contributed by atoms with E-state index in [2.05, 4.69) is 14.8 Å². The highest BCUT2D eigenvalue weighted by Gasteiger charge is 2.09. The summed E-state index contributed by atoms with van der Waals surface area (Å²) in [6.45, 7) is -0.613. The number of hydrogen-bond donors (Lipinski definition) is 0. The van der Waals surface area contributed by atoms with Gasteiger partial charge in [-0.05, 0) is 0 Å². The highest BCUT2D eigenvalue weighted by atomic mass is 19.3. The summed E-state index contributed by atoms with van der Waals surface area (Å²) in [5, 5.41) is 3.81. The maximum Gasteiger partial charge on any atom is 0.261 e. The Kier molecular flexibility index (Phi) is 4.97. The predicted octanol–water partition coefficient (Wildman–Crippen LogP) is 0.598. The van der Waals surface area contributed by atoms with E-state index in [0.717, 1.165) is 0 Å². The highest BCUT2D eigenvalue weighted by molar-refractivity contribution is 5.80. The topological polar surface area (TPSA) is 57.0 Å². The molecule has 0 spiro atoms. The van der Waals surface area contributed by atoms with Crippen molar-refractivity contribution in [2.24, 2.45) is 7.05 Å². The van der Waals surface area contributed by atoms with E-state index in [0.29, 0.717) is 5.82 Å². The normalized spacial score (nSPS) is 11.0. The fraction of sp³-hybridized carbons (Fsp3) is 0.667. The first-order valence-electron chi connectivity index (χ1n) is 4.80. The second-order valence-electron chi connectivity index (χ2n) is 3.23. The minimum absolute atomic E-state index is 0.0149. The molecule has 0 atom stereocenters. The Bertz CT molecular complexity index is 341. The first-order chi connectivity index (χ1) is 7.59. The van der Waals surface area contributed by atoms with E-state index in [1.165, 1.54) is 11.0 Å². The molecule has 0 saturated heterocycles. The van der Waals surface area contributed by atoms with Crippen molar-refractivity contribution in [3.05, 3.63) is 12.2 Å². The van der Waals surface area contributed by atoms with Gasteiger partial charge < -0.3 is 4.74 Å². The van der Waals surface area contributed by atoms with Crippen LogP contribution in [0.1, 0.15) is 12.2 Å². The molecule has 0 saturated carbocycles. The predicted molar refractivity (Wildman–Crippen MR) is 51.2 cm³/mol. The summed E-state index contributed by atoms with van der Waals surface area (Å²) in [6, 6.07) is 0. The monoisotopic (exact) mass is 233 g/mol. The van der Waals surface area contributed by atoms with Crippen molar-refractivity contribution in [3.63, 3.8) is 0 Å². The molecule has 0 N–H and O–H groups in total. The summed E-state index contributed by atoms with van der Waals surface area (Å²) >= 11 is 0. The van der Waals surface area contributed by atoms with Crippen LogP contribution in [0, 0.1) is 0 Å². The van der Waals surface area contributed by atoms with Crippen molar-refractivity contribution in [3.8, 4) is 0 Å². The Hall–Kier alpha value is -1.37. The largest absolute Gasteiger partial charge is 0.375 e. The second-order valence-corrected chi connectivity index (χ2v) is 3.23. The summed E-state index contributed by atoms with van der Waals surface area (Å²) in [4.78, 5) is 15.2. The number of halogens is 2. The van der Waals surface area contributed by atoms with Crippen LogP contribution >= 0.6 is 0 Å². The van der Waals surface area contributed by atoms with Gasteiger partial charge in [0.2, 0.25) is 0 Å². The fourth-order valence-corrected chi connectivity index (χ4v) is 1.10. The van der Waals surface area contributed by atoms with Gasteiger partial charge in [0.1, 0.15) is 24.5 Å². The lowest BCUT2D eigenvalue weighted by atomic mass is 10.2. The second kappa shape index (κ2) is 6.26. The molecule has 5 nitrogen and oxygen atoms in total. The average molecular weight is 233 g/mol. The molecule has 0 aliphatic rings. The van der Waals surface area contributed by atoms with Crippen LogP contribution in [0.25, 0.3) is 0 Å². The van der Waals surface area contributed by atoms with Crippen LogP contribution in [-0.2, 0) is 23.0 Å². The number of ketones is 1. The van der Waals surface area contributed by atoms with Crippen molar-refractivity contribution in [1.29, 1.82) is 0 Å². The lowest BCUT2D eigenvalue weighted by Gasteiger charge is -2.02. The number of rotatable bonds is 7. The number of alkyl halides is 2. The molecule has 0 radical (unpaired) electrons. The maximum absolute atomic E-state index is 11.7. The standard InChI is InChI=1S/C9H13F2N3O2/c1-14-9(12-6-13-14)4-7(15)2-3-16-5-8(10)11/h6,8H,2-5H2,1H3. The Morgan fingerprint density at radius 2 is 2.38 bits per heavy atom. The van der Waals surface area contributed by atoms with Crippen LogP contribution in [0.4, 0.5) is 8.78 Å². The first kappa shape index (κ1) is 12.7. The SMILES string of the molecule is Cn1ncnc1CC(=O)CCOCC(F)F. The van der Waals surface area contributed by atoms with Gasteiger partial charge in [-0.3, -0.25) is 9.48 Å². The zero-order valence-corrected chi connectivity index (χ0v) is 8.90. The van der Waals surface area contributed by atoms with Crippen molar-refractivity contribution in [2.75, 3.05) is 13.2 Å². The van der Waals surface area contributed by atoms with Crippen molar-refractivity contribution in [2.45, 2.75) is 19.3 Å². The number of ether oxygens (including phenoxy) is 1. The molecule has 0 fully saturated rings. The third kappa shape index (κ3) is 4.43. The average Bonchev–Trinajstić information content (AvgIpc) is 2.59. The van der Waals surface area contributed by atoms with Gasteiger partial charge in [0.15, 0.2) is 0 Å². The third-order valence-electron chi connectivity index (χ3n) is 1.93. The summed E-state index contributed by atoms with van der Waals surface area (Å²) in [5.74, 6) is 0.448. The van der Waals surface area contributed by atoms with Crippen molar-refractivity contribution < 1.29 is 18.3 Å². The zero-order chi connectivity index (χ0) is 12.0. The molecule has 0 unspecified atom stereocenters. The highest BCUT2D eigenvalue weighted by Crippen LogP contribution is 1.98. The van der Waals surface area contributed by atoms with E-state index < -0.39 is 13.0 Å². The van der Waals surface area contributed by atoms with E-state index in [4.69, 9.17) is 0 Å². The number of aromatic nitrogens is 3. The Morgan fingerprint density at radius 1 is 1.62 bits per heavy atom. The Labute approximate surface area is 91.4 Å². The number of Topliss-reactive ketones (excluding diaryl/α,β-unsaturated/α-hetero) is 1. The van der Waals surface area contributed by atoms with Gasteiger partial charge in [0.25, 0.3) is 6.43 Å². The van der Waals surface area contributed by atoms with Crippen LogP contribution in [0.3, 0.4) is 0 Å². The van der Waals surface area contributed by atoms with E-state index in [9.17, 15) is 13.6 Å². The quantitative estimate of drug-likeness (QED) is 0.647. The molecule has 1 heterocycles. The van der Waals surface area contributed by atoms with Crippen molar-refractivity contribution >= 4 is 5.78 Å². The lowest BCUT2D eigenvalue weighted by Crippen LogP contribution is -2.13. The third-order valence-corrected chi connectivity index (χ3v) is 1.93. The molecule has 7 heteroatoms. The smallest absolute Gasteiger partial charge is 0.261 e. The van der Waals surface area contributed by atoms with Gasteiger partial charge >= 0.3 is 0 Å². The summed E-state index contributed by atoms with van der Waals surface area (Å²) in [6.07, 6.45) is -0.877. The van der Waals surface area contributed by atoms with Gasteiger partial charge in [0, 0.05) is 13.5 Å². The van der Waals surface area contributed by atoms with Gasteiger partial charge in [-0.25, -0.2) is 13.8 Å². The van der Waals surface area contributed by atoms with Gasteiger partial charge in [-0.15, -0.1) is 0 Å².